The molecule has 1 aliphatic carbocycles. The number of sulfonamides is 1. The molecule has 0 spiro atoms. The normalized spacial score (nSPS) is 18.5. The summed E-state index contributed by atoms with van der Waals surface area (Å²) in [6.07, 6.45) is 7.55. The number of aromatic nitrogens is 4. The van der Waals surface area contributed by atoms with Crippen LogP contribution >= 0.6 is 0 Å². The van der Waals surface area contributed by atoms with Crippen molar-refractivity contribution in [2.24, 2.45) is 7.05 Å². The molecule has 1 N–H and O–H groups in total. The fourth-order valence-electron chi connectivity index (χ4n) is 3.80. The molecule has 3 heterocycles. The summed E-state index contributed by atoms with van der Waals surface area (Å²) in [4.78, 5) is 6.34. The van der Waals surface area contributed by atoms with E-state index in [1.807, 2.05) is 0 Å². The first kappa shape index (κ1) is 18.4. The predicted molar refractivity (Wildman–Crippen MR) is 102 cm³/mol. The van der Waals surface area contributed by atoms with Crippen molar-refractivity contribution in [1.29, 1.82) is 0 Å². The molecule has 1 fully saturated rings. The lowest BCUT2D eigenvalue weighted by molar-refractivity contribution is 0.456. The van der Waals surface area contributed by atoms with Crippen LogP contribution in [-0.2, 0) is 29.9 Å². The summed E-state index contributed by atoms with van der Waals surface area (Å²) in [6, 6.07) is 2.09. The van der Waals surface area contributed by atoms with E-state index in [9.17, 15) is 8.42 Å². The van der Waals surface area contributed by atoms with E-state index >= 15 is 0 Å². The van der Waals surface area contributed by atoms with Crippen LogP contribution < -0.4 is 9.62 Å². The number of aryl methyl sites for hydroxylation is 4. The third-order valence-electron chi connectivity index (χ3n) is 5.56. The van der Waals surface area contributed by atoms with Crippen LogP contribution in [0.2, 0.25) is 0 Å². The highest BCUT2D eigenvalue weighted by Gasteiger charge is 2.27. The summed E-state index contributed by atoms with van der Waals surface area (Å²) in [7, 11) is -1.79. The molecule has 0 saturated carbocycles. The van der Waals surface area contributed by atoms with Crippen molar-refractivity contribution in [2.75, 3.05) is 18.0 Å². The standard InChI is InChI=1S/C18H26N6O2S/c1-13-19-18(12-23(13)2)27(25,26)22-15-7-9-24(10-8-15)17-11-14-5-3-4-6-16(14)20-21-17/h11-12,15,22H,3-10H2,1-2H3. The summed E-state index contributed by atoms with van der Waals surface area (Å²) in [5.41, 5.74) is 2.46. The number of rotatable bonds is 4. The van der Waals surface area contributed by atoms with Gasteiger partial charge in [0.05, 0.1) is 5.69 Å². The lowest BCUT2D eigenvalue weighted by Gasteiger charge is -2.33. The highest BCUT2D eigenvalue weighted by Crippen LogP contribution is 2.24. The molecule has 27 heavy (non-hydrogen) atoms. The Morgan fingerprint density at radius 1 is 1.15 bits per heavy atom. The summed E-state index contributed by atoms with van der Waals surface area (Å²) >= 11 is 0. The van der Waals surface area contributed by atoms with E-state index in [4.69, 9.17) is 0 Å². The van der Waals surface area contributed by atoms with Gasteiger partial charge in [0.1, 0.15) is 5.82 Å². The number of piperidine rings is 1. The van der Waals surface area contributed by atoms with Crippen LogP contribution in [0.25, 0.3) is 0 Å². The Morgan fingerprint density at radius 3 is 2.59 bits per heavy atom. The Balaban J connectivity index is 1.39. The van der Waals surface area contributed by atoms with E-state index < -0.39 is 10.0 Å². The summed E-state index contributed by atoms with van der Waals surface area (Å²) in [5.74, 6) is 1.59. The second-order valence-electron chi connectivity index (χ2n) is 7.50. The number of fused-ring (bicyclic) bond motifs is 1. The topological polar surface area (TPSA) is 93.0 Å². The molecule has 9 heteroatoms. The minimum atomic E-state index is -3.58. The number of hydrogen-bond donors (Lipinski definition) is 1. The van der Waals surface area contributed by atoms with Crippen molar-refractivity contribution in [3.05, 3.63) is 29.3 Å². The van der Waals surface area contributed by atoms with E-state index in [2.05, 4.69) is 30.9 Å². The molecule has 0 atom stereocenters. The van der Waals surface area contributed by atoms with Crippen molar-refractivity contribution in [3.63, 3.8) is 0 Å². The minimum absolute atomic E-state index is 0.0841. The molecule has 8 nitrogen and oxygen atoms in total. The van der Waals surface area contributed by atoms with Crippen LogP contribution in [0.1, 0.15) is 42.8 Å². The largest absolute Gasteiger partial charge is 0.355 e. The van der Waals surface area contributed by atoms with Crippen LogP contribution in [0.3, 0.4) is 0 Å². The monoisotopic (exact) mass is 390 g/mol. The van der Waals surface area contributed by atoms with Gasteiger partial charge < -0.3 is 9.47 Å². The average Bonchev–Trinajstić information content (AvgIpc) is 3.01. The Hall–Kier alpha value is -2.00. The summed E-state index contributed by atoms with van der Waals surface area (Å²) < 4.78 is 29.6. The molecule has 0 bridgehead atoms. The highest BCUT2D eigenvalue weighted by atomic mass is 32.2. The molecule has 0 radical (unpaired) electrons. The van der Waals surface area contributed by atoms with Crippen molar-refractivity contribution < 1.29 is 8.42 Å². The van der Waals surface area contributed by atoms with Gasteiger partial charge in [-0.3, -0.25) is 0 Å². The number of nitrogens with zero attached hydrogens (tertiary/aromatic N) is 5. The van der Waals surface area contributed by atoms with Gasteiger partial charge in [0.25, 0.3) is 10.0 Å². The fraction of sp³-hybridized carbons (Fsp3) is 0.611. The van der Waals surface area contributed by atoms with Crippen LogP contribution in [0.15, 0.2) is 17.3 Å². The summed E-state index contributed by atoms with van der Waals surface area (Å²) in [5, 5.41) is 8.90. The zero-order valence-electron chi connectivity index (χ0n) is 15.8. The quantitative estimate of drug-likeness (QED) is 0.847. The highest BCUT2D eigenvalue weighted by molar-refractivity contribution is 7.89. The first-order valence-corrected chi connectivity index (χ1v) is 11.0. The lowest BCUT2D eigenvalue weighted by Crippen LogP contribution is -2.45. The number of hydrogen-bond acceptors (Lipinski definition) is 6. The number of nitrogens with one attached hydrogen (secondary N) is 1. The van der Waals surface area contributed by atoms with Crippen LogP contribution in [0.5, 0.6) is 0 Å². The van der Waals surface area contributed by atoms with Crippen LogP contribution in [0.4, 0.5) is 5.82 Å². The Kier molecular flexibility index (Phi) is 4.90. The third kappa shape index (κ3) is 3.84. The number of anilines is 1. The number of imidazole rings is 1. The molecule has 1 saturated heterocycles. The van der Waals surface area contributed by atoms with Gasteiger partial charge in [-0.1, -0.05) is 0 Å². The van der Waals surface area contributed by atoms with E-state index in [-0.39, 0.29) is 11.1 Å². The maximum atomic E-state index is 12.6. The van der Waals surface area contributed by atoms with Gasteiger partial charge >= 0.3 is 0 Å². The molecule has 1 aliphatic heterocycles. The molecule has 146 valence electrons. The minimum Gasteiger partial charge on any atom is -0.355 e. The molecular formula is C18H26N6O2S. The maximum absolute atomic E-state index is 12.6. The second kappa shape index (κ2) is 7.20. The van der Waals surface area contributed by atoms with Crippen molar-refractivity contribution in [2.45, 2.75) is 56.5 Å². The molecule has 2 aromatic heterocycles. The molecular weight excluding hydrogens is 364 g/mol. The van der Waals surface area contributed by atoms with E-state index in [0.717, 1.165) is 50.3 Å². The Bertz CT molecular complexity index is 912. The lowest BCUT2D eigenvalue weighted by atomic mass is 9.96. The molecule has 2 aliphatic rings. The Labute approximate surface area is 160 Å². The molecule has 0 amide bonds. The summed E-state index contributed by atoms with van der Waals surface area (Å²) in [6.45, 7) is 3.32. The maximum Gasteiger partial charge on any atom is 0.259 e. The molecule has 0 aromatic carbocycles. The zero-order valence-corrected chi connectivity index (χ0v) is 16.7. The van der Waals surface area contributed by atoms with Gasteiger partial charge in [-0.05, 0) is 57.1 Å². The first-order valence-electron chi connectivity index (χ1n) is 9.55. The van der Waals surface area contributed by atoms with Gasteiger partial charge in [-0.15, -0.1) is 5.10 Å². The van der Waals surface area contributed by atoms with Gasteiger partial charge in [-0.2, -0.15) is 5.10 Å². The Morgan fingerprint density at radius 2 is 1.89 bits per heavy atom. The van der Waals surface area contributed by atoms with E-state index in [1.165, 1.54) is 18.4 Å². The van der Waals surface area contributed by atoms with Gasteiger partial charge in [0.2, 0.25) is 0 Å². The van der Waals surface area contributed by atoms with Crippen molar-refractivity contribution in [1.82, 2.24) is 24.5 Å². The van der Waals surface area contributed by atoms with Gasteiger partial charge in [0.15, 0.2) is 10.8 Å². The smallest absolute Gasteiger partial charge is 0.259 e. The van der Waals surface area contributed by atoms with E-state index in [1.54, 1.807) is 24.7 Å². The third-order valence-corrected chi connectivity index (χ3v) is 6.95. The SMILES string of the molecule is Cc1nc(S(=O)(=O)NC2CCN(c3cc4c(nn3)CCCC4)CC2)cn1C. The first-order chi connectivity index (χ1) is 12.9. The molecule has 4 rings (SSSR count). The second-order valence-corrected chi connectivity index (χ2v) is 9.16. The van der Waals surface area contributed by atoms with Gasteiger partial charge in [-0.25, -0.2) is 18.1 Å². The zero-order chi connectivity index (χ0) is 19.0. The van der Waals surface area contributed by atoms with Crippen molar-refractivity contribution >= 4 is 15.8 Å². The predicted octanol–water partition coefficient (Wildman–Crippen LogP) is 1.34. The average molecular weight is 391 g/mol. The van der Waals surface area contributed by atoms with Crippen LogP contribution in [0, 0.1) is 6.92 Å². The van der Waals surface area contributed by atoms with Gasteiger partial charge in [0, 0.05) is 32.4 Å². The molecule has 2 aromatic rings. The van der Waals surface area contributed by atoms with Crippen LogP contribution in [-0.4, -0.2) is 47.3 Å². The fourth-order valence-corrected chi connectivity index (χ4v) is 5.14. The van der Waals surface area contributed by atoms with E-state index in [0.29, 0.717) is 5.82 Å². The van der Waals surface area contributed by atoms with Crippen molar-refractivity contribution in [3.8, 4) is 0 Å². The molecule has 0 unspecified atom stereocenters.